The van der Waals surface area contributed by atoms with E-state index in [1.807, 2.05) is 13.8 Å². The number of methoxy groups -OCH3 is 1. The maximum Gasteiger partial charge on any atom is 0.262 e. The Bertz CT molecular complexity index is 1460. The van der Waals surface area contributed by atoms with Gasteiger partial charge in [0.15, 0.2) is 5.16 Å². The van der Waals surface area contributed by atoms with Crippen LogP contribution >= 0.6 is 11.8 Å². The highest BCUT2D eigenvalue weighted by molar-refractivity contribution is 7.99. The zero-order valence-corrected chi connectivity index (χ0v) is 20.7. The minimum atomic E-state index is -0.248. The first-order chi connectivity index (χ1) is 16.8. The Morgan fingerprint density at radius 1 is 1.14 bits per heavy atom. The number of rotatable bonds is 8. The van der Waals surface area contributed by atoms with Crippen molar-refractivity contribution in [2.24, 2.45) is 7.05 Å². The first-order valence-electron chi connectivity index (χ1n) is 11.1. The first-order valence-corrected chi connectivity index (χ1v) is 12.1. The van der Waals surface area contributed by atoms with Gasteiger partial charge >= 0.3 is 0 Å². The fraction of sp³-hybridized carbons (Fsp3) is 0.292. The molecule has 0 fully saturated rings. The van der Waals surface area contributed by atoms with Gasteiger partial charge in [-0.25, -0.2) is 0 Å². The van der Waals surface area contributed by atoms with Gasteiger partial charge in [0.2, 0.25) is 11.7 Å². The van der Waals surface area contributed by atoms with E-state index < -0.39 is 0 Å². The Morgan fingerprint density at radius 3 is 2.57 bits per heavy atom. The summed E-state index contributed by atoms with van der Waals surface area (Å²) < 4.78 is 8.22. The summed E-state index contributed by atoms with van der Waals surface area (Å²) in [7, 11) is 3.19. The van der Waals surface area contributed by atoms with Crippen LogP contribution in [-0.2, 0) is 11.8 Å². The molecule has 2 heterocycles. The van der Waals surface area contributed by atoms with E-state index in [2.05, 4.69) is 20.8 Å². The van der Waals surface area contributed by atoms with Crippen LogP contribution in [0.4, 0.5) is 5.69 Å². The number of benzene rings is 2. The minimum Gasteiger partial charge on any atom is -0.497 e. The molecule has 0 unspecified atom stereocenters. The van der Waals surface area contributed by atoms with Crippen molar-refractivity contribution in [2.45, 2.75) is 31.5 Å². The van der Waals surface area contributed by atoms with E-state index in [1.54, 1.807) is 61.0 Å². The molecule has 0 saturated heterocycles. The zero-order chi connectivity index (χ0) is 25.1. The Hall–Kier alpha value is -3.86. The van der Waals surface area contributed by atoms with Crippen molar-refractivity contribution in [3.63, 3.8) is 0 Å². The number of nitrogens with one attached hydrogen (secondary N) is 2. The van der Waals surface area contributed by atoms with Crippen molar-refractivity contribution < 1.29 is 14.3 Å². The van der Waals surface area contributed by atoms with E-state index in [4.69, 9.17) is 4.74 Å². The highest BCUT2D eigenvalue weighted by atomic mass is 32.2. The Kier molecular flexibility index (Phi) is 7.06. The second-order valence-electron chi connectivity index (χ2n) is 8.06. The summed E-state index contributed by atoms with van der Waals surface area (Å²) in [6, 6.07) is 12.0. The third-order valence-electron chi connectivity index (χ3n) is 5.65. The normalized spacial score (nSPS) is 12.0. The van der Waals surface area contributed by atoms with Gasteiger partial charge in [-0.3, -0.25) is 23.4 Å². The molecule has 2 N–H and O–H groups in total. The van der Waals surface area contributed by atoms with Gasteiger partial charge in [-0.2, -0.15) is 0 Å². The van der Waals surface area contributed by atoms with Gasteiger partial charge in [-0.15, -0.1) is 10.2 Å². The van der Waals surface area contributed by atoms with Crippen molar-refractivity contribution in [2.75, 3.05) is 18.2 Å². The minimum absolute atomic E-state index is 0.0205. The molecule has 182 valence electrons. The number of aromatic nitrogens is 4. The fourth-order valence-electron chi connectivity index (χ4n) is 3.50. The Labute approximate surface area is 205 Å². The second-order valence-corrected chi connectivity index (χ2v) is 9.00. The van der Waals surface area contributed by atoms with E-state index in [0.717, 1.165) is 6.42 Å². The van der Waals surface area contributed by atoms with Crippen LogP contribution in [0.5, 0.6) is 5.75 Å². The number of hydrogen-bond donors (Lipinski definition) is 2. The lowest BCUT2D eigenvalue weighted by Gasteiger charge is -2.13. The molecule has 0 aliphatic heterocycles. The third kappa shape index (κ3) is 4.99. The van der Waals surface area contributed by atoms with Gasteiger partial charge in [0.05, 0.1) is 23.8 Å². The summed E-state index contributed by atoms with van der Waals surface area (Å²) in [6.07, 6.45) is 0.801. The van der Waals surface area contributed by atoms with Crippen LogP contribution in [0.25, 0.3) is 16.7 Å². The lowest BCUT2D eigenvalue weighted by atomic mass is 10.1. The molecule has 4 rings (SSSR count). The van der Waals surface area contributed by atoms with Crippen molar-refractivity contribution in [1.29, 1.82) is 0 Å². The number of carbonyl (C=O) groups is 2. The molecule has 2 amide bonds. The number of anilines is 1. The van der Waals surface area contributed by atoms with E-state index in [0.29, 0.717) is 38.8 Å². The number of hydrogen-bond acceptors (Lipinski definition) is 7. The van der Waals surface area contributed by atoms with Crippen LogP contribution in [0.2, 0.25) is 0 Å². The van der Waals surface area contributed by atoms with Crippen LogP contribution in [-0.4, -0.2) is 49.9 Å². The molecule has 0 aliphatic carbocycles. The second kappa shape index (κ2) is 10.2. The number of amides is 2. The van der Waals surface area contributed by atoms with Crippen molar-refractivity contribution in [3.05, 3.63) is 58.4 Å². The summed E-state index contributed by atoms with van der Waals surface area (Å²) in [4.78, 5) is 38.1. The van der Waals surface area contributed by atoms with Gasteiger partial charge in [0.1, 0.15) is 5.75 Å². The summed E-state index contributed by atoms with van der Waals surface area (Å²) in [5.41, 5.74) is 1.33. The Balaban J connectivity index is 1.64. The van der Waals surface area contributed by atoms with Crippen molar-refractivity contribution >= 4 is 45.9 Å². The maximum atomic E-state index is 12.9. The maximum absolute atomic E-state index is 12.9. The SMILES string of the molecule is CC[C@@H](C)NC(=O)c1ccc2c(=O)n(C)c3nnc(SCC(=O)Nc4ccc(OC)cc4)n3c2c1. The number of fused-ring (bicyclic) bond motifs is 3. The fourth-order valence-corrected chi connectivity index (χ4v) is 4.24. The van der Waals surface area contributed by atoms with Gasteiger partial charge in [-0.1, -0.05) is 18.7 Å². The predicted molar refractivity (Wildman–Crippen MR) is 135 cm³/mol. The van der Waals surface area contributed by atoms with Crippen LogP contribution in [0.1, 0.15) is 30.6 Å². The lowest BCUT2D eigenvalue weighted by molar-refractivity contribution is -0.113. The van der Waals surface area contributed by atoms with Crippen LogP contribution < -0.4 is 20.9 Å². The smallest absolute Gasteiger partial charge is 0.262 e. The molecule has 35 heavy (non-hydrogen) atoms. The lowest BCUT2D eigenvalue weighted by Crippen LogP contribution is -2.32. The van der Waals surface area contributed by atoms with Crippen molar-refractivity contribution in [1.82, 2.24) is 24.5 Å². The topological polar surface area (TPSA) is 120 Å². The number of nitrogens with zero attached hydrogens (tertiary/aromatic N) is 4. The highest BCUT2D eigenvalue weighted by Crippen LogP contribution is 2.23. The van der Waals surface area contributed by atoms with Crippen molar-refractivity contribution in [3.8, 4) is 5.75 Å². The zero-order valence-electron chi connectivity index (χ0n) is 19.9. The van der Waals surface area contributed by atoms with Gasteiger partial charge < -0.3 is 15.4 Å². The molecule has 0 spiro atoms. The summed E-state index contributed by atoms with van der Waals surface area (Å²) >= 11 is 1.19. The van der Waals surface area contributed by atoms with Gasteiger partial charge in [0, 0.05) is 24.3 Å². The molecular weight excluding hydrogens is 468 g/mol. The average molecular weight is 495 g/mol. The monoisotopic (exact) mass is 494 g/mol. The average Bonchev–Trinajstić information content (AvgIpc) is 3.30. The summed E-state index contributed by atoms with van der Waals surface area (Å²) in [6.45, 7) is 3.92. The molecule has 11 heteroatoms. The molecular formula is C24H26N6O4S. The van der Waals surface area contributed by atoms with E-state index in [1.165, 1.54) is 16.3 Å². The highest BCUT2D eigenvalue weighted by Gasteiger charge is 2.18. The largest absolute Gasteiger partial charge is 0.497 e. The molecule has 0 saturated carbocycles. The molecule has 4 aromatic rings. The first kappa shape index (κ1) is 24.3. The molecule has 2 aromatic carbocycles. The van der Waals surface area contributed by atoms with E-state index in [9.17, 15) is 14.4 Å². The van der Waals surface area contributed by atoms with E-state index in [-0.39, 0.29) is 29.2 Å². The standard InChI is InChI=1S/C24H26N6O4S/c1-5-14(2)25-21(32)15-6-11-18-19(12-15)30-23(29(3)22(18)33)27-28-24(30)35-13-20(31)26-16-7-9-17(34-4)10-8-16/h6-12,14H,5,13H2,1-4H3,(H,25,32)(H,26,31)/t14-/m1/s1. The predicted octanol–water partition coefficient (Wildman–Crippen LogP) is 2.85. The number of carbonyl (C=O) groups excluding carboxylic acids is 2. The van der Waals surface area contributed by atoms with Gasteiger partial charge in [-0.05, 0) is 55.8 Å². The quantitative estimate of drug-likeness (QED) is 0.362. The molecule has 0 bridgehead atoms. The number of ether oxygens (including phenoxy) is 1. The summed E-state index contributed by atoms with van der Waals surface area (Å²) in [5.74, 6) is 0.642. The van der Waals surface area contributed by atoms with Crippen LogP contribution in [0.3, 0.4) is 0 Å². The van der Waals surface area contributed by atoms with Crippen LogP contribution in [0, 0.1) is 0 Å². The van der Waals surface area contributed by atoms with E-state index >= 15 is 0 Å². The summed E-state index contributed by atoms with van der Waals surface area (Å²) in [5, 5.41) is 15.0. The number of thioether (sulfide) groups is 1. The third-order valence-corrected chi connectivity index (χ3v) is 6.58. The Morgan fingerprint density at radius 2 is 1.89 bits per heavy atom. The number of aryl methyl sites for hydroxylation is 1. The van der Waals surface area contributed by atoms with Gasteiger partial charge in [0.25, 0.3) is 11.5 Å². The van der Waals surface area contributed by atoms with Crippen LogP contribution in [0.15, 0.2) is 52.4 Å². The molecule has 2 aromatic heterocycles. The molecule has 0 radical (unpaired) electrons. The molecule has 10 nitrogen and oxygen atoms in total. The molecule has 1 atom stereocenters. The molecule has 0 aliphatic rings.